The molecule has 0 saturated heterocycles. The van der Waals surface area contributed by atoms with Gasteiger partial charge in [0.05, 0.1) is 95.2 Å². The topological polar surface area (TPSA) is 120 Å². The zero-order valence-corrected chi connectivity index (χ0v) is 60.6. The Balaban J connectivity index is 0.813. The summed E-state index contributed by atoms with van der Waals surface area (Å²) in [5.41, 5.74) is 19.8. The van der Waals surface area contributed by atoms with Crippen molar-refractivity contribution in [3.8, 4) is 41.3 Å². The summed E-state index contributed by atoms with van der Waals surface area (Å²) in [5, 5.41) is 57.8. The summed E-state index contributed by atoms with van der Waals surface area (Å²) in [6.45, 7) is 22.2. The van der Waals surface area contributed by atoms with Crippen molar-refractivity contribution in [1.29, 1.82) is 21.0 Å². The quantitative estimate of drug-likeness (QED) is 0.100. The predicted molar refractivity (Wildman–Crippen MR) is 438 cm³/mol. The first-order chi connectivity index (χ1) is 50.8. The molecule has 17 aromatic rings. The van der Waals surface area contributed by atoms with Crippen LogP contribution in [0, 0.1) is 45.3 Å². The number of hydrogen-bond acceptors (Lipinski definition) is 4. The van der Waals surface area contributed by atoms with Gasteiger partial charge >= 0.3 is 0 Å². The number of allylic oxidation sites excluding steroid dienone is 6. The van der Waals surface area contributed by atoms with E-state index in [-0.39, 0.29) is 16.2 Å². The van der Waals surface area contributed by atoms with Gasteiger partial charge in [0.1, 0.15) is 18.2 Å². The maximum Gasteiger partial charge on any atom is 0.101 e. The largest absolute Gasteiger partial charge is 0.316 e. The second-order valence-electron chi connectivity index (χ2n) is 30.9. The molecule has 0 amide bonds. The van der Waals surface area contributed by atoms with Crippen LogP contribution in [0.4, 0.5) is 0 Å². The smallest absolute Gasteiger partial charge is 0.101 e. The van der Waals surface area contributed by atoms with Crippen LogP contribution in [0.2, 0.25) is 0 Å². The fraction of sp³-hybridized carbons (Fsp3) is 0.146. The van der Waals surface area contributed by atoms with Gasteiger partial charge in [0.2, 0.25) is 0 Å². The van der Waals surface area contributed by atoms with E-state index in [1.165, 1.54) is 28.3 Å². The third kappa shape index (κ3) is 10.5. The van der Waals surface area contributed by atoms with Crippen molar-refractivity contribution in [2.75, 3.05) is 0 Å². The summed E-state index contributed by atoms with van der Waals surface area (Å²) in [6, 6.07) is 90.3. The Kier molecular flexibility index (Phi) is 15.2. The Hall–Kier alpha value is -13.2. The van der Waals surface area contributed by atoms with Crippen molar-refractivity contribution >= 4 is 138 Å². The van der Waals surface area contributed by atoms with Gasteiger partial charge < -0.3 is 22.8 Å². The molecule has 0 aliphatic carbocycles. The minimum absolute atomic E-state index is 0.0994. The zero-order chi connectivity index (χ0) is 72.5. The van der Waals surface area contributed by atoms with E-state index in [1.807, 2.05) is 6.08 Å². The van der Waals surface area contributed by atoms with E-state index in [4.69, 9.17) is 0 Å². The first-order valence-corrected chi connectivity index (χ1v) is 35.9. The zero-order valence-electron chi connectivity index (χ0n) is 60.6. The highest BCUT2D eigenvalue weighted by molar-refractivity contribution is 6.23. The molecule has 9 nitrogen and oxygen atoms in total. The molecule has 0 unspecified atom stereocenters. The van der Waals surface area contributed by atoms with Gasteiger partial charge in [-0.05, 0) is 194 Å². The Bertz CT molecular complexity index is 6850. The lowest BCUT2D eigenvalue weighted by Crippen LogP contribution is -2.10. The van der Waals surface area contributed by atoms with Gasteiger partial charge in [-0.25, -0.2) is 0 Å². The van der Waals surface area contributed by atoms with Gasteiger partial charge in [-0.1, -0.05) is 190 Å². The molecular weight excluding hydrogens is 1280 g/mol. The lowest BCUT2D eigenvalue weighted by atomic mass is 9.85. The maximum absolute atomic E-state index is 11.2. The summed E-state index contributed by atoms with van der Waals surface area (Å²) in [6.07, 6.45) is 12.1. The Morgan fingerprint density at radius 3 is 1.47 bits per heavy atom. The summed E-state index contributed by atoms with van der Waals surface area (Å²) in [5.74, 6) is 0. The van der Waals surface area contributed by atoms with E-state index in [0.717, 1.165) is 137 Å². The number of nitrogens with zero attached hydrogens (tertiary/aromatic N) is 9. The Morgan fingerprint density at radius 1 is 0.400 bits per heavy atom. The molecule has 0 aliphatic rings. The standard InChI is InChI=1S/C96H75N9/c1-11-21-81-73(48-59-31-38-84-74(49-59)72-28-17-19-30-83(72)104(84)90-55-91(64(58-100)50-63(90)57-99)105-87-43-36-67(96(8,9)10)53-77(87)93-70-26-15-13-23-61(70)33-40-89(93)105)71-27-16-18-29-82(71)102(81)68-37-44-80-78(54-68)92-69-25-14-12-22-60(69)32-39-88(92)101(80)47-45-79(62(56-98)24-20-46-97)103-85-41-34-65(94(2,3)4)51-75(85)76-52-66(95(5,6)7)35-42-86(76)103/h11-45,47,49-55H,48H2,1-10H3/b21-11-,24-20+,47-45+,79-62-. The second-order valence-corrected chi connectivity index (χ2v) is 30.9. The van der Waals surface area contributed by atoms with Gasteiger partial charge in [-0.3, -0.25) is 0 Å². The minimum Gasteiger partial charge on any atom is -0.316 e. The molecule has 0 saturated carbocycles. The highest BCUT2D eigenvalue weighted by Gasteiger charge is 2.28. The van der Waals surface area contributed by atoms with Crippen LogP contribution in [-0.2, 0) is 22.7 Å². The molecule has 0 atom stereocenters. The molecule has 12 aromatic carbocycles. The second kappa shape index (κ2) is 24.5. The fourth-order valence-electron chi connectivity index (χ4n) is 16.4. The fourth-order valence-corrected chi connectivity index (χ4v) is 16.4. The molecule has 9 heteroatoms. The molecule has 0 N–H and O–H groups in total. The number of hydrogen-bond donors (Lipinski definition) is 0. The van der Waals surface area contributed by atoms with E-state index in [9.17, 15) is 21.0 Å². The number of nitriles is 4. The van der Waals surface area contributed by atoms with Crippen LogP contribution >= 0.6 is 0 Å². The Morgan fingerprint density at radius 2 is 0.876 bits per heavy atom. The van der Waals surface area contributed by atoms with Gasteiger partial charge in [0.15, 0.2) is 0 Å². The van der Waals surface area contributed by atoms with Gasteiger partial charge in [0.25, 0.3) is 0 Å². The highest BCUT2D eigenvalue weighted by atomic mass is 15.0. The SMILES string of the molecule is C/C=C\c1c(Cc2ccc3c(c2)c2ccccc2n3-c2cc(-n3c4ccc(C(C)(C)C)cc4c4c5ccccc5ccc43)c(C#N)cc2C#N)c2ccccc2n1-c1ccc2c(c1)c1c3ccccc3ccc1n2/C=C/C(=C(C#N)\C=C\C#N)n1c2ccc(C(C)(C)C)cc2c2cc(C(C)(C)C)ccc21. The van der Waals surface area contributed by atoms with Crippen molar-refractivity contribution in [2.45, 2.75) is 91.9 Å². The van der Waals surface area contributed by atoms with Gasteiger partial charge in [-0.15, -0.1) is 0 Å². The summed E-state index contributed by atoms with van der Waals surface area (Å²) in [7, 11) is 0. The molecule has 5 aromatic heterocycles. The Labute approximate surface area is 610 Å². The summed E-state index contributed by atoms with van der Waals surface area (Å²) in [4.78, 5) is 0. The molecule has 17 rings (SSSR count). The van der Waals surface area contributed by atoms with Crippen LogP contribution in [0.3, 0.4) is 0 Å². The molecule has 105 heavy (non-hydrogen) atoms. The van der Waals surface area contributed by atoms with Gasteiger partial charge in [-0.2, -0.15) is 21.0 Å². The first-order valence-electron chi connectivity index (χ1n) is 35.9. The van der Waals surface area contributed by atoms with Crippen LogP contribution in [-0.4, -0.2) is 22.8 Å². The van der Waals surface area contributed by atoms with Crippen LogP contribution in [0.25, 0.3) is 155 Å². The van der Waals surface area contributed by atoms with Crippen LogP contribution in [0.15, 0.2) is 254 Å². The van der Waals surface area contributed by atoms with Crippen LogP contribution in [0.5, 0.6) is 0 Å². The van der Waals surface area contributed by atoms with Crippen LogP contribution < -0.4 is 0 Å². The highest BCUT2D eigenvalue weighted by Crippen LogP contribution is 2.46. The summed E-state index contributed by atoms with van der Waals surface area (Å²) < 4.78 is 11.3. The molecular formula is C96H75N9. The lowest BCUT2D eigenvalue weighted by molar-refractivity contribution is 0.590. The van der Waals surface area contributed by atoms with Crippen molar-refractivity contribution in [2.24, 2.45) is 0 Å². The number of fused-ring (bicyclic) bond motifs is 17. The lowest BCUT2D eigenvalue weighted by Gasteiger charge is -2.19. The molecule has 504 valence electrons. The van der Waals surface area contributed by atoms with E-state index in [0.29, 0.717) is 40.2 Å². The number of rotatable bonds is 10. The third-order valence-electron chi connectivity index (χ3n) is 21.6. The first kappa shape index (κ1) is 65.1. The molecule has 0 spiro atoms. The summed E-state index contributed by atoms with van der Waals surface area (Å²) >= 11 is 0. The normalized spacial score (nSPS) is 12.9. The predicted octanol–water partition coefficient (Wildman–Crippen LogP) is 24.6. The molecule has 0 radical (unpaired) electrons. The number of para-hydroxylation sites is 2. The third-order valence-corrected chi connectivity index (χ3v) is 21.6. The maximum atomic E-state index is 11.2. The van der Waals surface area contributed by atoms with Crippen molar-refractivity contribution < 1.29 is 0 Å². The molecule has 0 aliphatic heterocycles. The average Bonchev–Trinajstić information content (AvgIpc) is 1.58. The number of benzene rings is 12. The van der Waals surface area contributed by atoms with Crippen molar-refractivity contribution in [3.05, 3.63) is 299 Å². The van der Waals surface area contributed by atoms with Crippen molar-refractivity contribution in [1.82, 2.24) is 22.8 Å². The van der Waals surface area contributed by atoms with Crippen molar-refractivity contribution in [3.63, 3.8) is 0 Å². The van der Waals surface area contributed by atoms with E-state index in [1.54, 1.807) is 12.1 Å². The van der Waals surface area contributed by atoms with E-state index < -0.39 is 0 Å². The average molecular weight is 1350 g/mol. The molecule has 0 fully saturated rings. The van der Waals surface area contributed by atoms with Crippen LogP contribution in [0.1, 0.15) is 114 Å². The molecule has 5 heterocycles. The monoisotopic (exact) mass is 1350 g/mol. The number of aromatic nitrogens is 5. The minimum atomic E-state index is -0.107. The van der Waals surface area contributed by atoms with Gasteiger partial charge in [0, 0.05) is 72.9 Å². The van der Waals surface area contributed by atoms with E-state index >= 15 is 0 Å². The molecule has 0 bridgehead atoms. The van der Waals surface area contributed by atoms with E-state index in [2.05, 4.69) is 353 Å².